The molecule has 0 saturated carbocycles. The van der Waals surface area contributed by atoms with Gasteiger partial charge in [-0.05, 0) is 28.7 Å². The summed E-state index contributed by atoms with van der Waals surface area (Å²) < 4.78 is 119. The molecule has 12 heteroatoms. The number of esters is 1. The van der Waals surface area contributed by atoms with Gasteiger partial charge in [0.05, 0.1) is 21.8 Å². The molecule has 0 N–H and O–H groups in total. The number of hydrogen-bond donors (Lipinski definition) is 0. The van der Waals surface area contributed by atoms with Crippen LogP contribution in [0.3, 0.4) is 0 Å². The number of alkyl halides is 6. The van der Waals surface area contributed by atoms with Crippen LogP contribution in [0.5, 0.6) is 0 Å². The molecule has 2 aromatic rings. The van der Waals surface area contributed by atoms with Crippen molar-refractivity contribution in [1.82, 2.24) is 0 Å². The second-order valence-corrected chi connectivity index (χ2v) is 9.48. The Balaban J connectivity index is 1.80. The molecule has 3 aliphatic carbocycles. The Hall–Kier alpha value is -2.60. The summed E-state index contributed by atoms with van der Waals surface area (Å²) in [7, 11) is -6.10. The van der Waals surface area contributed by atoms with E-state index in [-0.39, 0.29) is 6.42 Å². The highest BCUT2D eigenvalue weighted by Gasteiger charge is 2.75. The summed E-state index contributed by atoms with van der Waals surface area (Å²) in [6.45, 7) is 0. The number of fused-ring (bicyclic) bond motifs is 1. The van der Waals surface area contributed by atoms with Crippen LogP contribution in [-0.4, -0.2) is 42.6 Å². The molecule has 0 aromatic heterocycles. The second-order valence-electron chi connectivity index (χ2n) is 8.08. The van der Waals surface area contributed by atoms with Crippen LogP contribution in [-0.2, 0) is 19.6 Å². The van der Waals surface area contributed by atoms with Gasteiger partial charge >= 0.3 is 23.9 Å². The predicted molar refractivity (Wildman–Crippen MR) is 100 cm³/mol. The van der Waals surface area contributed by atoms with Gasteiger partial charge < -0.3 is 9.29 Å². The number of hydrogen-bond acceptors (Lipinski definition) is 5. The molecule has 0 radical (unpaired) electrons. The topological polar surface area (TPSA) is 83.5 Å². The molecule has 0 amide bonds. The molecule has 5 rings (SSSR count). The van der Waals surface area contributed by atoms with Gasteiger partial charge in [0.25, 0.3) is 0 Å². The van der Waals surface area contributed by atoms with Crippen molar-refractivity contribution in [3.63, 3.8) is 0 Å². The quantitative estimate of drug-likeness (QED) is 0.362. The second kappa shape index (κ2) is 7.45. The van der Waals surface area contributed by atoms with Gasteiger partial charge in [0.15, 0.2) is 0 Å². The lowest BCUT2D eigenvalue weighted by atomic mass is 9.59. The molecule has 33 heavy (non-hydrogen) atoms. The van der Waals surface area contributed by atoms with Gasteiger partial charge in [0, 0.05) is 11.8 Å². The van der Waals surface area contributed by atoms with Crippen molar-refractivity contribution in [2.24, 2.45) is 5.92 Å². The van der Waals surface area contributed by atoms with Crippen LogP contribution in [0.15, 0.2) is 48.5 Å². The van der Waals surface area contributed by atoms with E-state index in [1.54, 1.807) is 48.5 Å². The fourth-order valence-corrected chi connectivity index (χ4v) is 5.72. The molecule has 3 aliphatic rings. The van der Waals surface area contributed by atoms with Crippen molar-refractivity contribution in [3.05, 3.63) is 70.8 Å². The molecule has 1 atom stereocenters. The number of ether oxygens (including phenoxy) is 1. The zero-order valence-corrected chi connectivity index (χ0v) is 17.3. The number of halogens is 6. The zero-order chi connectivity index (χ0) is 24.4. The smallest absolute Gasteiger partial charge is 0.438 e. The molecule has 2 aromatic carbocycles. The molecule has 1 unspecified atom stereocenters. The van der Waals surface area contributed by atoms with Gasteiger partial charge in [0.2, 0.25) is 0 Å². The number of rotatable bonds is 4. The van der Waals surface area contributed by atoms with Gasteiger partial charge in [-0.1, -0.05) is 48.5 Å². The van der Waals surface area contributed by atoms with Crippen LogP contribution in [0, 0.1) is 5.92 Å². The first-order valence-electron chi connectivity index (χ1n) is 9.64. The molecule has 0 saturated heterocycles. The van der Waals surface area contributed by atoms with Gasteiger partial charge in [-0.3, -0.25) is 4.79 Å². The molecule has 0 spiro atoms. The van der Waals surface area contributed by atoms with E-state index in [1.165, 1.54) is 0 Å². The number of carbonyl (C=O) groups is 1. The van der Waals surface area contributed by atoms with Crippen LogP contribution in [0.1, 0.15) is 40.5 Å². The first-order chi connectivity index (χ1) is 15.2. The lowest BCUT2D eigenvalue weighted by molar-refractivity contribution is -0.362. The standard InChI is InChI=1S/C21H16F6O5S/c22-20(23,24)19(21(25,26)27,10-33(29,30)31)32-18(28)16-9-15-11-5-1-3-7-13(11)17(16)14-8-4-2-6-12(14)15/h1-8,15-17H,9-10H2,(H,29,30,31)/p-1. The van der Waals surface area contributed by atoms with E-state index >= 15 is 0 Å². The average molecular weight is 493 g/mol. The SMILES string of the molecule is O=C(OC(CS(=O)(=O)[O-])(C(F)(F)F)C(F)(F)F)C1CC2c3ccccc3C1c1ccccc12. The fourth-order valence-electron chi connectivity index (χ4n) is 4.83. The van der Waals surface area contributed by atoms with Crippen LogP contribution in [0.25, 0.3) is 0 Å². The van der Waals surface area contributed by atoms with E-state index in [1.807, 2.05) is 0 Å². The number of benzene rings is 2. The lowest BCUT2D eigenvalue weighted by Crippen LogP contribution is -2.64. The Labute approximate surface area is 184 Å². The monoisotopic (exact) mass is 493 g/mol. The summed E-state index contributed by atoms with van der Waals surface area (Å²) in [4.78, 5) is 12.9. The first kappa shape index (κ1) is 23.6. The van der Waals surface area contributed by atoms with Crippen LogP contribution >= 0.6 is 0 Å². The molecule has 178 valence electrons. The molecular formula is C21H15F6O5S-. The Morgan fingerprint density at radius 1 is 0.879 bits per heavy atom. The molecule has 2 bridgehead atoms. The van der Waals surface area contributed by atoms with Crippen molar-refractivity contribution in [2.75, 3.05) is 5.75 Å². The minimum Gasteiger partial charge on any atom is -0.748 e. The fraction of sp³-hybridized carbons (Fsp3) is 0.381. The van der Waals surface area contributed by atoms with Crippen LogP contribution < -0.4 is 0 Å². The molecule has 0 fully saturated rings. The Morgan fingerprint density at radius 2 is 1.30 bits per heavy atom. The third kappa shape index (κ3) is 3.78. The summed E-state index contributed by atoms with van der Waals surface area (Å²) in [5.74, 6) is -7.69. The highest BCUT2D eigenvalue weighted by atomic mass is 32.2. The van der Waals surface area contributed by atoms with E-state index in [0.29, 0.717) is 11.1 Å². The maximum Gasteiger partial charge on any atom is 0.438 e. The summed E-state index contributed by atoms with van der Waals surface area (Å²) in [5.41, 5.74) is -2.76. The average Bonchev–Trinajstić information content (AvgIpc) is 2.70. The van der Waals surface area contributed by atoms with E-state index in [0.717, 1.165) is 11.1 Å². The first-order valence-corrected chi connectivity index (χ1v) is 11.2. The van der Waals surface area contributed by atoms with Crippen LogP contribution in [0.4, 0.5) is 26.3 Å². The minimum absolute atomic E-state index is 0.132. The van der Waals surface area contributed by atoms with Crippen molar-refractivity contribution >= 4 is 16.1 Å². The zero-order valence-electron chi connectivity index (χ0n) is 16.5. The molecule has 0 heterocycles. The van der Waals surface area contributed by atoms with Crippen LogP contribution in [0.2, 0.25) is 0 Å². The molecular weight excluding hydrogens is 478 g/mol. The van der Waals surface area contributed by atoms with Gasteiger partial charge in [-0.25, -0.2) is 8.42 Å². The number of carbonyl (C=O) groups excluding carboxylic acids is 1. The summed E-state index contributed by atoms with van der Waals surface area (Å²) in [6.07, 6.45) is -12.9. The predicted octanol–water partition coefficient (Wildman–Crippen LogP) is 4.24. The van der Waals surface area contributed by atoms with E-state index in [4.69, 9.17) is 0 Å². The molecule has 5 nitrogen and oxygen atoms in total. The lowest BCUT2D eigenvalue weighted by Gasteiger charge is -2.45. The van der Waals surface area contributed by atoms with Gasteiger partial charge in [-0.2, -0.15) is 26.3 Å². The summed E-state index contributed by atoms with van der Waals surface area (Å²) in [5, 5.41) is 0. The maximum atomic E-state index is 13.6. The van der Waals surface area contributed by atoms with Gasteiger partial charge in [0.1, 0.15) is 0 Å². The third-order valence-electron chi connectivity index (χ3n) is 6.18. The summed E-state index contributed by atoms with van der Waals surface area (Å²) in [6, 6.07) is 13.5. The maximum absolute atomic E-state index is 13.6. The van der Waals surface area contributed by atoms with Gasteiger partial charge in [-0.15, -0.1) is 0 Å². The Kier molecular flexibility index (Phi) is 5.32. The van der Waals surface area contributed by atoms with Crippen molar-refractivity contribution in [3.8, 4) is 0 Å². The van der Waals surface area contributed by atoms with E-state index in [9.17, 15) is 44.1 Å². The Bertz CT molecular complexity index is 1140. The normalized spacial score (nSPS) is 22.5. The van der Waals surface area contributed by atoms with E-state index < -0.39 is 57.5 Å². The summed E-state index contributed by atoms with van der Waals surface area (Å²) >= 11 is 0. The van der Waals surface area contributed by atoms with Crippen molar-refractivity contribution in [2.45, 2.75) is 36.2 Å². The largest absolute Gasteiger partial charge is 0.748 e. The molecule has 0 aliphatic heterocycles. The Morgan fingerprint density at radius 3 is 1.70 bits per heavy atom. The highest BCUT2D eigenvalue weighted by Crippen LogP contribution is 2.56. The van der Waals surface area contributed by atoms with E-state index in [2.05, 4.69) is 4.74 Å². The van der Waals surface area contributed by atoms with Crippen molar-refractivity contribution < 1.29 is 48.8 Å². The highest BCUT2D eigenvalue weighted by molar-refractivity contribution is 7.85. The minimum atomic E-state index is -6.40. The van der Waals surface area contributed by atoms with Crippen molar-refractivity contribution in [1.29, 1.82) is 0 Å². The third-order valence-corrected chi connectivity index (χ3v) is 6.94.